The summed E-state index contributed by atoms with van der Waals surface area (Å²) in [5.41, 5.74) is 2.73. The molecule has 4 rings (SSSR count). The highest BCUT2D eigenvalue weighted by Gasteiger charge is 2.26. The third kappa shape index (κ3) is 3.99. The summed E-state index contributed by atoms with van der Waals surface area (Å²) in [5.74, 6) is 2.63. The molecule has 2 aliphatic heterocycles. The van der Waals surface area contributed by atoms with Gasteiger partial charge in [0.2, 0.25) is 5.95 Å². The summed E-state index contributed by atoms with van der Waals surface area (Å²) in [5, 5.41) is 0. The quantitative estimate of drug-likeness (QED) is 0.792. The fraction of sp³-hybridized carbons (Fsp3) is 0.500. The van der Waals surface area contributed by atoms with Crippen molar-refractivity contribution in [1.29, 1.82) is 0 Å². The Hall–Kier alpha value is -2.83. The van der Waals surface area contributed by atoms with E-state index in [2.05, 4.69) is 21.8 Å². The Morgan fingerprint density at radius 3 is 2.62 bits per heavy atom. The van der Waals surface area contributed by atoms with Crippen LogP contribution in [0.3, 0.4) is 0 Å². The average molecular weight is 396 g/mol. The molecular formula is C22H28N4O3. The maximum absolute atomic E-state index is 13.1. The van der Waals surface area contributed by atoms with E-state index in [1.165, 1.54) is 12.0 Å². The molecule has 7 heteroatoms. The number of amides is 1. The number of methoxy groups -OCH3 is 2. The zero-order valence-corrected chi connectivity index (χ0v) is 17.4. The second-order valence-corrected chi connectivity index (χ2v) is 7.89. The molecule has 0 N–H and O–H groups in total. The summed E-state index contributed by atoms with van der Waals surface area (Å²) < 4.78 is 10.8. The Morgan fingerprint density at radius 1 is 1.14 bits per heavy atom. The van der Waals surface area contributed by atoms with Gasteiger partial charge in [0.25, 0.3) is 5.91 Å². The van der Waals surface area contributed by atoms with Crippen molar-refractivity contribution in [2.45, 2.75) is 32.7 Å². The molecule has 2 aromatic rings. The molecule has 154 valence electrons. The topological polar surface area (TPSA) is 67.8 Å². The van der Waals surface area contributed by atoms with Gasteiger partial charge in [-0.2, -0.15) is 0 Å². The number of hydrogen-bond donors (Lipinski definition) is 0. The summed E-state index contributed by atoms with van der Waals surface area (Å²) >= 11 is 0. The summed E-state index contributed by atoms with van der Waals surface area (Å²) in [4.78, 5) is 26.2. The fourth-order valence-electron chi connectivity index (χ4n) is 4.21. The first kappa shape index (κ1) is 19.5. The fourth-order valence-corrected chi connectivity index (χ4v) is 4.21. The SMILES string of the molecule is COc1cc2c(cc1OC)CN(C(=O)c1ccnc(N3CCCC(C)C3)n1)CC2. The first-order chi connectivity index (χ1) is 14.1. The van der Waals surface area contributed by atoms with Crippen molar-refractivity contribution in [3.05, 3.63) is 41.2 Å². The lowest BCUT2D eigenvalue weighted by molar-refractivity contribution is 0.0728. The highest BCUT2D eigenvalue weighted by molar-refractivity contribution is 5.92. The number of nitrogens with zero attached hydrogens (tertiary/aromatic N) is 4. The number of aromatic nitrogens is 2. The van der Waals surface area contributed by atoms with Crippen LogP contribution >= 0.6 is 0 Å². The van der Waals surface area contributed by atoms with Gasteiger partial charge in [-0.05, 0) is 54.5 Å². The molecule has 0 spiro atoms. The molecule has 0 radical (unpaired) electrons. The van der Waals surface area contributed by atoms with E-state index in [4.69, 9.17) is 9.47 Å². The number of hydrogen-bond acceptors (Lipinski definition) is 6. The van der Waals surface area contributed by atoms with Gasteiger partial charge in [-0.25, -0.2) is 9.97 Å². The van der Waals surface area contributed by atoms with Crippen LogP contribution in [0.5, 0.6) is 11.5 Å². The van der Waals surface area contributed by atoms with Gasteiger partial charge in [0.05, 0.1) is 14.2 Å². The number of rotatable bonds is 4. The van der Waals surface area contributed by atoms with Gasteiger partial charge in [-0.15, -0.1) is 0 Å². The lowest BCUT2D eigenvalue weighted by Gasteiger charge is -2.31. The molecule has 1 aromatic carbocycles. The van der Waals surface area contributed by atoms with Gasteiger partial charge < -0.3 is 19.3 Å². The number of benzene rings is 1. The molecule has 2 aliphatic rings. The van der Waals surface area contributed by atoms with Crippen LogP contribution in [0.25, 0.3) is 0 Å². The molecule has 0 saturated carbocycles. The molecule has 1 aromatic heterocycles. The minimum atomic E-state index is -0.0563. The van der Waals surface area contributed by atoms with E-state index in [9.17, 15) is 4.79 Å². The van der Waals surface area contributed by atoms with Crippen LogP contribution < -0.4 is 14.4 Å². The highest BCUT2D eigenvalue weighted by atomic mass is 16.5. The van der Waals surface area contributed by atoms with E-state index in [0.717, 1.165) is 37.2 Å². The Kier molecular flexibility index (Phi) is 5.56. The number of carbonyl (C=O) groups excluding carboxylic acids is 1. The molecule has 1 fully saturated rings. The number of ether oxygens (including phenoxy) is 2. The molecular weight excluding hydrogens is 368 g/mol. The minimum absolute atomic E-state index is 0.0563. The van der Waals surface area contributed by atoms with Crippen LogP contribution in [0, 0.1) is 5.92 Å². The molecule has 3 heterocycles. The van der Waals surface area contributed by atoms with E-state index < -0.39 is 0 Å². The van der Waals surface area contributed by atoms with Gasteiger partial charge >= 0.3 is 0 Å². The van der Waals surface area contributed by atoms with Crippen molar-refractivity contribution in [1.82, 2.24) is 14.9 Å². The van der Waals surface area contributed by atoms with E-state index in [1.807, 2.05) is 17.0 Å². The van der Waals surface area contributed by atoms with Gasteiger partial charge in [0.15, 0.2) is 11.5 Å². The molecule has 1 atom stereocenters. The minimum Gasteiger partial charge on any atom is -0.493 e. The molecule has 1 saturated heterocycles. The summed E-state index contributed by atoms with van der Waals surface area (Å²) in [6.07, 6.45) is 4.84. The van der Waals surface area contributed by atoms with Crippen molar-refractivity contribution in [2.75, 3.05) is 38.8 Å². The Bertz CT molecular complexity index is 902. The van der Waals surface area contributed by atoms with E-state index >= 15 is 0 Å². The standard InChI is InChI=1S/C22H28N4O3/c1-15-5-4-9-26(13-15)22-23-8-6-18(24-22)21(27)25-10-7-16-11-19(28-2)20(29-3)12-17(16)14-25/h6,8,11-12,15H,4-5,7,9-10,13-14H2,1-3H3. The molecule has 0 bridgehead atoms. The average Bonchev–Trinajstić information content (AvgIpc) is 2.77. The number of piperidine rings is 1. The first-order valence-electron chi connectivity index (χ1n) is 10.2. The van der Waals surface area contributed by atoms with E-state index in [1.54, 1.807) is 26.5 Å². The first-order valence-corrected chi connectivity index (χ1v) is 10.2. The molecule has 1 unspecified atom stereocenters. The van der Waals surface area contributed by atoms with Crippen molar-refractivity contribution < 1.29 is 14.3 Å². The van der Waals surface area contributed by atoms with Crippen molar-refractivity contribution in [3.8, 4) is 11.5 Å². The summed E-state index contributed by atoms with van der Waals surface area (Å²) in [7, 11) is 3.26. The van der Waals surface area contributed by atoms with Gasteiger partial charge in [-0.3, -0.25) is 4.79 Å². The third-order valence-electron chi connectivity index (χ3n) is 5.81. The highest BCUT2D eigenvalue weighted by Crippen LogP contribution is 2.33. The lowest BCUT2D eigenvalue weighted by atomic mass is 9.98. The molecule has 7 nitrogen and oxygen atoms in total. The predicted molar refractivity (Wildman–Crippen MR) is 111 cm³/mol. The maximum atomic E-state index is 13.1. The van der Waals surface area contributed by atoms with Crippen LogP contribution in [0.15, 0.2) is 24.4 Å². The Labute approximate surface area is 171 Å². The van der Waals surface area contributed by atoms with Crippen LogP contribution in [0.1, 0.15) is 41.4 Å². The van der Waals surface area contributed by atoms with Crippen LogP contribution in [0.4, 0.5) is 5.95 Å². The second kappa shape index (κ2) is 8.27. The number of carbonyl (C=O) groups is 1. The Morgan fingerprint density at radius 2 is 1.90 bits per heavy atom. The van der Waals surface area contributed by atoms with Crippen molar-refractivity contribution in [2.24, 2.45) is 5.92 Å². The van der Waals surface area contributed by atoms with Crippen LogP contribution in [0.2, 0.25) is 0 Å². The number of anilines is 1. The van der Waals surface area contributed by atoms with Gasteiger partial charge in [0, 0.05) is 32.4 Å². The van der Waals surface area contributed by atoms with Gasteiger partial charge in [0.1, 0.15) is 5.69 Å². The summed E-state index contributed by atoms with van der Waals surface area (Å²) in [6, 6.07) is 5.69. The van der Waals surface area contributed by atoms with Crippen LogP contribution in [-0.4, -0.2) is 54.6 Å². The second-order valence-electron chi connectivity index (χ2n) is 7.89. The largest absolute Gasteiger partial charge is 0.493 e. The van der Waals surface area contributed by atoms with Gasteiger partial charge in [-0.1, -0.05) is 6.92 Å². The lowest BCUT2D eigenvalue weighted by Crippen LogP contribution is -2.38. The molecule has 0 aliphatic carbocycles. The van der Waals surface area contributed by atoms with Crippen molar-refractivity contribution in [3.63, 3.8) is 0 Å². The predicted octanol–water partition coefficient (Wildman–Crippen LogP) is 2.93. The zero-order valence-electron chi connectivity index (χ0n) is 17.4. The third-order valence-corrected chi connectivity index (χ3v) is 5.81. The summed E-state index contributed by atoms with van der Waals surface area (Å²) in [6.45, 7) is 5.32. The van der Waals surface area contributed by atoms with E-state index in [-0.39, 0.29) is 5.91 Å². The smallest absolute Gasteiger partial charge is 0.272 e. The van der Waals surface area contributed by atoms with Crippen LogP contribution in [-0.2, 0) is 13.0 Å². The van der Waals surface area contributed by atoms with Crippen molar-refractivity contribution >= 4 is 11.9 Å². The monoisotopic (exact) mass is 396 g/mol. The molecule has 29 heavy (non-hydrogen) atoms. The zero-order chi connectivity index (χ0) is 20.4. The maximum Gasteiger partial charge on any atom is 0.272 e. The Balaban J connectivity index is 1.53. The normalized spacial score (nSPS) is 18.9. The molecule has 1 amide bonds. The number of fused-ring (bicyclic) bond motifs is 1. The van der Waals surface area contributed by atoms with E-state index in [0.29, 0.717) is 36.4 Å².